The Balaban J connectivity index is 0. The second-order valence-corrected chi connectivity index (χ2v) is 1.03. The van der Waals surface area contributed by atoms with E-state index in [4.69, 9.17) is 0 Å². The van der Waals surface area contributed by atoms with E-state index in [-0.39, 0.29) is 0 Å². The molecule has 0 amide bonds. The molecule has 0 N–H and O–H groups in total. The zero-order valence-corrected chi connectivity index (χ0v) is 5.59. The summed E-state index contributed by atoms with van der Waals surface area (Å²) in [5, 5.41) is 0. The van der Waals surface area contributed by atoms with E-state index in [1.54, 1.807) is 0 Å². The maximum absolute atomic E-state index is 3.25. The molecule has 0 aliphatic rings. The zero-order valence-electron chi connectivity index (χ0n) is 5.59. The minimum Gasteiger partial charge on any atom is -0.273 e. The molecule has 0 aliphatic carbocycles. The summed E-state index contributed by atoms with van der Waals surface area (Å²) in [4.78, 5) is 3.25. The van der Waals surface area contributed by atoms with Gasteiger partial charge in [-0.05, 0) is 20.6 Å². The van der Waals surface area contributed by atoms with Crippen LogP contribution in [0, 0.1) is 0 Å². The fraction of sp³-hybridized carbons (Fsp3) is 0.286. The molecule has 0 saturated carbocycles. The van der Waals surface area contributed by atoms with Crippen molar-refractivity contribution in [2.45, 2.75) is 13.8 Å². The Morgan fingerprint density at radius 2 is 1.50 bits per heavy atom. The molecule has 0 aromatic rings. The highest BCUT2D eigenvalue weighted by atomic mass is 14.6. The second-order valence-electron chi connectivity index (χ2n) is 1.03. The van der Waals surface area contributed by atoms with Crippen molar-refractivity contribution < 1.29 is 0 Å². The fourth-order valence-electron chi connectivity index (χ4n) is 0. The number of allylic oxidation sites excluding steroid dienone is 2. The van der Waals surface area contributed by atoms with Gasteiger partial charge in [-0.15, -0.1) is 0 Å². The van der Waals surface area contributed by atoms with Crippen molar-refractivity contribution in [2.24, 2.45) is 4.99 Å². The first-order chi connectivity index (χ1) is 3.83. The molecule has 1 heteroatoms. The van der Waals surface area contributed by atoms with E-state index in [0.717, 1.165) is 0 Å². The molecule has 0 rings (SSSR count). The second kappa shape index (κ2) is 16.4. The van der Waals surface area contributed by atoms with Gasteiger partial charge in [0.1, 0.15) is 0 Å². The van der Waals surface area contributed by atoms with Gasteiger partial charge in [0, 0.05) is 6.20 Å². The first-order valence-electron chi connectivity index (χ1n) is 2.47. The molecule has 0 heterocycles. The first-order valence-corrected chi connectivity index (χ1v) is 2.47. The number of nitrogens with zero attached hydrogens (tertiary/aromatic N) is 1. The molecular formula is C7H13N. The summed E-state index contributed by atoms with van der Waals surface area (Å²) in [5.74, 6) is 0. The third-order valence-electron chi connectivity index (χ3n) is 0.462. The summed E-state index contributed by atoms with van der Waals surface area (Å²) in [6.07, 6.45) is 5.39. The fourth-order valence-corrected chi connectivity index (χ4v) is 0. The van der Waals surface area contributed by atoms with Gasteiger partial charge >= 0.3 is 0 Å². The molecule has 0 aromatic heterocycles. The van der Waals surface area contributed by atoms with Crippen LogP contribution in [-0.4, -0.2) is 6.72 Å². The topological polar surface area (TPSA) is 12.4 Å². The van der Waals surface area contributed by atoms with Crippen LogP contribution in [0.15, 0.2) is 29.9 Å². The summed E-state index contributed by atoms with van der Waals surface area (Å²) in [5.41, 5.74) is 0. The van der Waals surface area contributed by atoms with E-state index in [1.807, 2.05) is 26.0 Å². The lowest BCUT2D eigenvalue weighted by atomic mass is 10.6. The molecule has 0 aromatic carbocycles. The lowest BCUT2D eigenvalue weighted by molar-refractivity contribution is 1.64. The summed E-state index contributed by atoms with van der Waals surface area (Å²) in [6.45, 7) is 10.4. The highest BCUT2D eigenvalue weighted by molar-refractivity contribution is 5.24. The Kier molecular flexibility index (Phi) is 21.0. The van der Waals surface area contributed by atoms with Crippen LogP contribution in [0.2, 0.25) is 0 Å². The summed E-state index contributed by atoms with van der Waals surface area (Å²) < 4.78 is 0. The number of hydrogen-bond acceptors (Lipinski definition) is 1. The molecule has 0 atom stereocenters. The quantitative estimate of drug-likeness (QED) is 0.364. The number of hydrogen-bond donors (Lipinski definition) is 0. The molecule has 46 valence electrons. The number of rotatable bonds is 1. The van der Waals surface area contributed by atoms with Crippen LogP contribution in [0.25, 0.3) is 0 Å². The van der Waals surface area contributed by atoms with Gasteiger partial charge < -0.3 is 0 Å². The van der Waals surface area contributed by atoms with E-state index < -0.39 is 0 Å². The van der Waals surface area contributed by atoms with E-state index >= 15 is 0 Å². The Hall–Kier alpha value is -0.850. The maximum Gasteiger partial charge on any atom is 0.0188 e. The highest BCUT2D eigenvalue weighted by Crippen LogP contribution is 1.57. The van der Waals surface area contributed by atoms with Gasteiger partial charge in [-0.3, -0.25) is 4.99 Å². The average Bonchev–Trinajstić information content (AvgIpc) is 1.88. The molecule has 0 unspecified atom stereocenters. The molecule has 0 saturated heterocycles. The summed E-state index contributed by atoms with van der Waals surface area (Å²) in [7, 11) is 0. The Morgan fingerprint density at radius 3 is 1.50 bits per heavy atom. The van der Waals surface area contributed by atoms with E-state index in [1.165, 1.54) is 6.20 Å². The van der Waals surface area contributed by atoms with Crippen LogP contribution in [0.3, 0.4) is 0 Å². The van der Waals surface area contributed by atoms with Crippen LogP contribution >= 0.6 is 0 Å². The van der Waals surface area contributed by atoms with Crippen molar-refractivity contribution in [2.75, 3.05) is 0 Å². The lowest BCUT2D eigenvalue weighted by Gasteiger charge is -1.49. The predicted molar refractivity (Wildman–Crippen MR) is 40.2 cm³/mol. The van der Waals surface area contributed by atoms with E-state index in [0.29, 0.717) is 0 Å². The van der Waals surface area contributed by atoms with Gasteiger partial charge in [-0.2, -0.15) is 0 Å². The molecular weight excluding hydrogens is 98.1 g/mol. The Morgan fingerprint density at radius 1 is 1.25 bits per heavy atom. The molecule has 8 heavy (non-hydrogen) atoms. The van der Waals surface area contributed by atoms with Crippen molar-refractivity contribution >= 4 is 6.72 Å². The third-order valence-corrected chi connectivity index (χ3v) is 0.462. The summed E-state index contributed by atoms with van der Waals surface area (Å²) in [6, 6.07) is 0. The smallest absolute Gasteiger partial charge is 0.0188 e. The normalized spacial score (nSPS) is 7.25. The largest absolute Gasteiger partial charge is 0.273 e. The Labute approximate surface area is 51.5 Å². The highest BCUT2D eigenvalue weighted by Gasteiger charge is 1.34. The van der Waals surface area contributed by atoms with E-state index in [9.17, 15) is 0 Å². The SMILES string of the molecule is C/C=C\C.C=CN=C. The van der Waals surface area contributed by atoms with Crippen LogP contribution in [0.5, 0.6) is 0 Å². The third kappa shape index (κ3) is 67.1. The van der Waals surface area contributed by atoms with Crippen molar-refractivity contribution in [3.05, 3.63) is 24.9 Å². The van der Waals surface area contributed by atoms with Gasteiger partial charge in [-0.1, -0.05) is 18.7 Å². The lowest BCUT2D eigenvalue weighted by Crippen LogP contribution is -1.26. The average molecular weight is 111 g/mol. The minimum atomic E-state index is 1.39. The van der Waals surface area contributed by atoms with Crippen molar-refractivity contribution in [1.82, 2.24) is 0 Å². The van der Waals surface area contributed by atoms with Crippen molar-refractivity contribution in [3.63, 3.8) is 0 Å². The van der Waals surface area contributed by atoms with Crippen LogP contribution < -0.4 is 0 Å². The molecule has 0 fully saturated rings. The van der Waals surface area contributed by atoms with Crippen molar-refractivity contribution in [1.29, 1.82) is 0 Å². The first kappa shape index (κ1) is 10.2. The minimum absolute atomic E-state index is 1.39. The maximum atomic E-state index is 3.25. The molecule has 0 bridgehead atoms. The van der Waals surface area contributed by atoms with Crippen LogP contribution in [0.1, 0.15) is 13.8 Å². The molecule has 0 radical (unpaired) electrons. The zero-order chi connectivity index (χ0) is 6.83. The standard InChI is InChI=1S/C4H8.C3H5N/c2*1-3-4-2/h3-4H,1-2H3;3H,1-2H2/b4-3-;. The Bertz CT molecular complexity index is 62.5. The van der Waals surface area contributed by atoms with Crippen molar-refractivity contribution in [3.8, 4) is 0 Å². The van der Waals surface area contributed by atoms with Gasteiger partial charge in [0.25, 0.3) is 0 Å². The van der Waals surface area contributed by atoms with Crippen LogP contribution in [0.4, 0.5) is 0 Å². The molecule has 1 nitrogen and oxygen atoms in total. The van der Waals surface area contributed by atoms with Gasteiger partial charge in [0.15, 0.2) is 0 Å². The van der Waals surface area contributed by atoms with E-state index in [2.05, 4.69) is 18.3 Å². The van der Waals surface area contributed by atoms with Gasteiger partial charge in [0.05, 0.1) is 0 Å². The van der Waals surface area contributed by atoms with Gasteiger partial charge in [-0.25, -0.2) is 0 Å². The monoisotopic (exact) mass is 111 g/mol. The predicted octanol–water partition coefficient (Wildman–Crippen LogP) is 2.41. The van der Waals surface area contributed by atoms with Gasteiger partial charge in [0.2, 0.25) is 0 Å². The number of aliphatic imine (C=N–C) groups is 1. The molecule has 0 aliphatic heterocycles. The molecule has 0 spiro atoms. The summed E-state index contributed by atoms with van der Waals surface area (Å²) >= 11 is 0. The van der Waals surface area contributed by atoms with Crippen LogP contribution in [-0.2, 0) is 0 Å².